The van der Waals surface area contributed by atoms with Crippen molar-refractivity contribution in [1.29, 1.82) is 0 Å². The van der Waals surface area contributed by atoms with Crippen LogP contribution >= 0.6 is 0 Å². The Morgan fingerprint density at radius 1 is 1.28 bits per heavy atom. The van der Waals surface area contributed by atoms with Gasteiger partial charge in [0, 0.05) is 32.2 Å². The van der Waals surface area contributed by atoms with E-state index >= 15 is 0 Å². The molecular weight excluding hydrogens is 339 g/mol. The van der Waals surface area contributed by atoms with Gasteiger partial charge in [-0.25, -0.2) is 9.78 Å². The summed E-state index contributed by atoms with van der Waals surface area (Å²) in [7, 11) is 0. The number of hydrogen-bond acceptors (Lipinski definition) is 5. The standard InChI is InChI=1S/C14H16F3N7O/c15-14(16,17)10-6-11(24-12(21-10)19-8-20-24)22-4-1-2-9(7-22)23-5-3-18-13(23)25/h6,8-9H,1-5,7H2,(H,18,25). The summed E-state index contributed by atoms with van der Waals surface area (Å²) >= 11 is 0. The van der Waals surface area contributed by atoms with E-state index in [1.165, 1.54) is 10.8 Å². The second-order valence-corrected chi connectivity index (χ2v) is 6.14. The molecule has 0 aliphatic carbocycles. The van der Waals surface area contributed by atoms with Crippen molar-refractivity contribution in [1.82, 2.24) is 29.8 Å². The number of urea groups is 1. The summed E-state index contributed by atoms with van der Waals surface area (Å²) < 4.78 is 40.7. The van der Waals surface area contributed by atoms with Crippen LogP contribution in [0.4, 0.5) is 23.8 Å². The van der Waals surface area contributed by atoms with Crippen LogP contribution in [0.25, 0.3) is 5.78 Å². The summed E-state index contributed by atoms with van der Waals surface area (Å²) in [4.78, 5) is 22.8. The van der Waals surface area contributed by atoms with Crippen molar-refractivity contribution >= 4 is 17.6 Å². The van der Waals surface area contributed by atoms with Crippen molar-refractivity contribution in [3.05, 3.63) is 18.1 Å². The van der Waals surface area contributed by atoms with E-state index in [1.54, 1.807) is 4.90 Å². The minimum Gasteiger partial charge on any atom is -0.354 e. The van der Waals surface area contributed by atoms with Gasteiger partial charge in [-0.15, -0.1) is 0 Å². The Bertz CT molecular complexity index is 805. The maximum absolute atomic E-state index is 13.1. The predicted molar refractivity (Wildman–Crippen MR) is 81.1 cm³/mol. The van der Waals surface area contributed by atoms with E-state index in [9.17, 15) is 18.0 Å². The van der Waals surface area contributed by atoms with Crippen molar-refractivity contribution in [2.45, 2.75) is 25.1 Å². The summed E-state index contributed by atoms with van der Waals surface area (Å²) in [5.74, 6) is 0.199. The molecule has 4 rings (SSSR count). The molecule has 1 unspecified atom stereocenters. The number of carbonyl (C=O) groups excluding carboxylic acids is 1. The van der Waals surface area contributed by atoms with Crippen molar-refractivity contribution in [3.8, 4) is 0 Å². The first-order valence-corrected chi connectivity index (χ1v) is 8.01. The molecule has 0 saturated carbocycles. The van der Waals surface area contributed by atoms with Crippen molar-refractivity contribution < 1.29 is 18.0 Å². The van der Waals surface area contributed by atoms with Gasteiger partial charge in [-0.3, -0.25) is 0 Å². The number of alkyl halides is 3. The van der Waals surface area contributed by atoms with E-state index in [1.807, 2.05) is 4.90 Å². The van der Waals surface area contributed by atoms with Gasteiger partial charge in [-0.2, -0.15) is 27.8 Å². The van der Waals surface area contributed by atoms with Crippen molar-refractivity contribution in [3.63, 3.8) is 0 Å². The van der Waals surface area contributed by atoms with Gasteiger partial charge in [0.25, 0.3) is 5.78 Å². The third-order valence-electron chi connectivity index (χ3n) is 4.57. The molecule has 0 spiro atoms. The molecule has 1 atom stereocenters. The number of aromatic nitrogens is 4. The molecule has 1 N–H and O–H groups in total. The Morgan fingerprint density at radius 3 is 2.84 bits per heavy atom. The Morgan fingerprint density at radius 2 is 2.12 bits per heavy atom. The number of fused-ring (bicyclic) bond motifs is 1. The molecule has 2 aromatic heterocycles. The maximum Gasteiger partial charge on any atom is 0.433 e. The zero-order valence-corrected chi connectivity index (χ0v) is 13.2. The molecule has 134 valence electrons. The lowest BCUT2D eigenvalue weighted by Gasteiger charge is -2.38. The molecule has 2 amide bonds. The number of amides is 2. The Hall–Kier alpha value is -2.59. The second kappa shape index (κ2) is 5.74. The summed E-state index contributed by atoms with van der Waals surface area (Å²) in [6.07, 6.45) is -1.79. The van der Waals surface area contributed by atoms with Crippen LogP contribution in [0.3, 0.4) is 0 Å². The average molecular weight is 355 g/mol. The van der Waals surface area contributed by atoms with Gasteiger partial charge in [0.15, 0.2) is 5.69 Å². The van der Waals surface area contributed by atoms with Crippen molar-refractivity contribution in [2.75, 3.05) is 31.1 Å². The van der Waals surface area contributed by atoms with Gasteiger partial charge >= 0.3 is 12.2 Å². The summed E-state index contributed by atoms with van der Waals surface area (Å²) in [6.45, 7) is 2.24. The monoisotopic (exact) mass is 355 g/mol. The number of piperidine rings is 1. The van der Waals surface area contributed by atoms with E-state index in [0.29, 0.717) is 32.0 Å². The van der Waals surface area contributed by atoms with E-state index in [-0.39, 0.29) is 17.9 Å². The molecule has 0 aromatic carbocycles. The minimum absolute atomic E-state index is 0.0441. The molecule has 0 radical (unpaired) electrons. The molecule has 8 nitrogen and oxygen atoms in total. The largest absolute Gasteiger partial charge is 0.433 e. The summed E-state index contributed by atoms with van der Waals surface area (Å²) in [5.41, 5.74) is -0.996. The number of hydrogen-bond donors (Lipinski definition) is 1. The van der Waals surface area contributed by atoms with Crippen LogP contribution in [0, 0.1) is 0 Å². The first-order valence-electron chi connectivity index (χ1n) is 8.01. The quantitative estimate of drug-likeness (QED) is 0.874. The van der Waals surface area contributed by atoms with Gasteiger partial charge in [-0.1, -0.05) is 0 Å². The van der Waals surface area contributed by atoms with E-state index in [0.717, 1.165) is 18.9 Å². The van der Waals surface area contributed by atoms with Crippen LogP contribution in [-0.2, 0) is 6.18 Å². The molecule has 2 aliphatic rings. The minimum atomic E-state index is -4.56. The summed E-state index contributed by atoms with van der Waals surface area (Å²) in [6, 6.07) is 0.828. The molecule has 11 heteroatoms. The third-order valence-corrected chi connectivity index (χ3v) is 4.57. The normalized spacial score (nSPS) is 21.9. The van der Waals surface area contributed by atoms with Gasteiger partial charge < -0.3 is 15.1 Å². The predicted octanol–water partition coefficient (Wildman–Crippen LogP) is 1.14. The fraction of sp³-hybridized carbons (Fsp3) is 0.571. The number of carbonyl (C=O) groups is 1. The highest BCUT2D eigenvalue weighted by Gasteiger charge is 2.36. The van der Waals surface area contributed by atoms with E-state index < -0.39 is 11.9 Å². The fourth-order valence-corrected chi connectivity index (χ4v) is 3.42. The Kier molecular flexibility index (Phi) is 3.65. The highest BCUT2D eigenvalue weighted by molar-refractivity contribution is 5.76. The van der Waals surface area contributed by atoms with Gasteiger partial charge in [0.05, 0.1) is 6.04 Å². The SMILES string of the molecule is O=C1NCCN1C1CCCN(c2cc(C(F)(F)F)nc3ncnn23)C1. The average Bonchev–Trinajstić information content (AvgIpc) is 3.21. The number of nitrogens with zero attached hydrogens (tertiary/aromatic N) is 6. The molecule has 4 heterocycles. The van der Waals surface area contributed by atoms with Gasteiger partial charge in [0.2, 0.25) is 0 Å². The number of nitrogens with one attached hydrogen (secondary N) is 1. The third kappa shape index (κ3) is 2.83. The van der Waals surface area contributed by atoms with E-state index in [2.05, 4.69) is 20.4 Å². The number of halogens is 3. The van der Waals surface area contributed by atoms with Crippen LogP contribution in [0.15, 0.2) is 12.4 Å². The van der Waals surface area contributed by atoms with Gasteiger partial charge in [0.1, 0.15) is 12.1 Å². The van der Waals surface area contributed by atoms with E-state index in [4.69, 9.17) is 0 Å². The molecule has 0 bridgehead atoms. The second-order valence-electron chi connectivity index (χ2n) is 6.14. The lowest BCUT2D eigenvalue weighted by Crippen LogP contribution is -2.49. The molecular formula is C14H16F3N7O. The highest BCUT2D eigenvalue weighted by Crippen LogP contribution is 2.31. The fourth-order valence-electron chi connectivity index (χ4n) is 3.42. The first kappa shape index (κ1) is 15.9. The molecule has 2 saturated heterocycles. The van der Waals surface area contributed by atoms with Crippen molar-refractivity contribution in [2.24, 2.45) is 0 Å². The topological polar surface area (TPSA) is 78.7 Å². The highest BCUT2D eigenvalue weighted by atomic mass is 19.4. The van der Waals surface area contributed by atoms with Crippen LogP contribution in [0.5, 0.6) is 0 Å². The molecule has 2 aromatic rings. The Labute approximate surface area is 140 Å². The first-order chi connectivity index (χ1) is 11.9. The number of anilines is 1. The molecule has 2 aliphatic heterocycles. The van der Waals surface area contributed by atoms with Crippen LogP contribution in [-0.4, -0.2) is 62.7 Å². The smallest absolute Gasteiger partial charge is 0.354 e. The lowest BCUT2D eigenvalue weighted by atomic mass is 10.0. The summed E-state index contributed by atoms with van der Waals surface area (Å²) in [5, 5.41) is 6.75. The Balaban J connectivity index is 1.68. The van der Waals surface area contributed by atoms with Gasteiger partial charge in [-0.05, 0) is 12.8 Å². The lowest BCUT2D eigenvalue weighted by molar-refractivity contribution is -0.141. The number of rotatable bonds is 2. The van der Waals surface area contributed by atoms with Crippen LogP contribution in [0.2, 0.25) is 0 Å². The molecule has 2 fully saturated rings. The zero-order valence-electron chi connectivity index (χ0n) is 13.2. The molecule has 25 heavy (non-hydrogen) atoms. The van der Waals surface area contributed by atoms with Crippen LogP contribution < -0.4 is 10.2 Å². The maximum atomic E-state index is 13.1. The zero-order chi connectivity index (χ0) is 17.6. The van der Waals surface area contributed by atoms with Crippen LogP contribution in [0.1, 0.15) is 18.5 Å².